The van der Waals surface area contributed by atoms with Crippen molar-refractivity contribution in [2.24, 2.45) is 0 Å². The number of nitriles is 1. The standard InChI is InChI=1S/C13H18N4O/c14-11-12-3-1-4-13(15-12)17-8-6-16(7-9-17)5-2-10-18/h1,3-4,18H,2,5-10H2. The number of aliphatic hydroxyl groups excluding tert-OH is 1. The van der Waals surface area contributed by atoms with Crippen molar-refractivity contribution in [1.82, 2.24) is 9.88 Å². The molecule has 96 valence electrons. The van der Waals surface area contributed by atoms with Gasteiger partial charge >= 0.3 is 0 Å². The highest BCUT2D eigenvalue weighted by Crippen LogP contribution is 2.14. The summed E-state index contributed by atoms with van der Waals surface area (Å²) >= 11 is 0. The molecule has 1 saturated heterocycles. The first-order valence-corrected chi connectivity index (χ1v) is 6.29. The molecular formula is C13H18N4O. The highest BCUT2D eigenvalue weighted by Gasteiger charge is 2.17. The van der Waals surface area contributed by atoms with Gasteiger partial charge in [-0.1, -0.05) is 6.07 Å². The van der Waals surface area contributed by atoms with Crippen LogP contribution in [0.3, 0.4) is 0 Å². The Morgan fingerprint density at radius 1 is 1.28 bits per heavy atom. The van der Waals surface area contributed by atoms with Crippen molar-refractivity contribution < 1.29 is 5.11 Å². The molecule has 0 spiro atoms. The molecule has 2 heterocycles. The maximum Gasteiger partial charge on any atom is 0.142 e. The van der Waals surface area contributed by atoms with Crippen molar-refractivity contribution in [2.75, 3.05) is 44.2 Å². The monoisotopic (exact) mass is 246 g/mol. The molecule has 0 aliphatic carbocycles. The van der Waals surface area contributed by atoms with Gasteiger partial charge in [0, 0.05) is 39.3 Å². The number of nitrogens with zero attached hydrogens (tertiary/aromatic N) is 4. The fourth-order valence-corrected chi connectivity index (χ4v) is 2.16. The van der Waals surface area contributed by atoms with Gasteiger partial charge in [-0.3, -0.25) is 4.90 Å². The maximum absolute atomic E-state index is 8.84. The molecule has 1 fully saturated rings. The predicted molar refractivity (Wildman–Crippen MR) is 69.3 cm³/mol. The van der Waals surface area contributed by atoms with Crippen LogP contribution in [0, 0.1) is 11.3 Å². The van der Waals surface area contributed by atoms with Crippen molar-refractivity contribution in [3.8, 4) is 6.07 Å². The Morgan fingerprint density at radius 3 is 2.72 bits per heavy atom. The van der Waals surface area contributed by atoms with Gasteiger partial charge in [0.25, 0.3) is 0 Å². The zero-order chi connectivity index (χ0) is 12.8. The Kier molecular flexibility index (Phi) is 4.51. The Bertz CT molecular complexity index is 421. The van der Waals surface area contributed by atoms with Crippen LogP contribution in [0.4, 0.5) is 5.82 Å². The van der Waals surface area contributed by atoms with E-state index < -0.39 is 0 Å². The molecule has 0 atom stereocenters. The molecule has 0 saturated carbocycles. The third-order valence-corrected chi connectivity index (χ3v) is 3.18. The van der Waals surface area contributed by atoms with Crippen LogP contribution in [0.15, 0.2) is 18.2 Å². The van der Waals surface area contributed by atoms with Gasteiger partial charge < -0.3 is 10.0 Å². The van der Waals surface area contributed by atoms with Gasteiger partial charge in [-0.05, 0) is 18.6 Å². The van der Waals surface area contributed by atoms with Crippen molar-refractivity contribution in [2.45, 2.75) is 6.42 Å². The highest BCUT2D eigenvalue weighted by atomic mass is 16.3. The number of hydrogen-bond acceptors (Lipinski definition) is 5. The van der Waals surface area contributed by atoms with E-state index in [1.807, 2.05) is 12.1 Å². The molecule has 0 bridgehead atoms. The largest absolute Gasteiger partial charge is 0.396 e. The quantitative estimate of drug-likeness (QED) is 0.836. The Labute approximate surface area is 107 Å². The van der Waals surface area contributed by atoms with E-state index in [0.717, 1.165) is 45.0 Å². The zero-order valence-corrected chi connectivity index (χ0v) is 10.4. The highest BCUT2D eigenvalue weighted by molar-refractivity contribution is 5.42. The third kappa shape index (κ3) is 3.19. The van der Waals surface area contributed by atoms with Gasteiger partial charge in [-0.15, -0.1) is 0 Å². The molecular weight excluding hydrogens is 228 g/mol. The smallest absolute Gasteiger partial charge is 0.142 e. The lowest BCUT2D eigenvalue weighted by atomic mass is 10.2. The second-order valence-electron chi connectivity index (χ2n) is 4.40. The number of aromatic nitrogens is 1. The summed E-state index contributed by atoms with van der Waals surface area (Å²) in [6.45, 7) is 5.03. The number of pyridine rings is 1. The van der Waals surface area contributed by atoms with Crippen molar-refractivity contribution >= 4 is 5.82 Å². The number of piperazine rings is 1. The summed E-state index contributed by atoms with van der Waals surface area (Å²) in [6, 6.07) is 7.61. The summed E-state index contributed by atoms with van der Waals surface area (Å²) in [5, 5.41) is 17.6. The fraction of sp³-hybridized carbons (Fsp3) is 0.538. The van der Waals surface area contributed by atoms with E-state index in [2.05, 4.69) is 20.9 Å². The first-order chi connectivity index (χ1) is 8.83. The van der Waals surface area contributed by atoms with Crippen LogP contribution in [0.25, 0.3) is 0 Å². The topological polar surface area (TPSA) is 63.4 Å². The minimum Gasteiger partial charge on any atom is -0.396 e. The van der Waals surface area contributed by atoms with E-state index in [-0.39, 0.29) is 6.61 Å². The summed E-state index contributed by atoms with van der Waals surface area (Å²) in [4.78, 5) is 8.86. The normalized spacial score (nSPS) is 16.6. The van der Waals surface area contributed by atoms with E-state index in [0.29, 0.717) is 5.69 Å². The lowest BCUT2D eigenvalue weighted by molar-refractivity contribution is 0.215. The van der Waals surface area contributed by atoms with Crippen LogP contribution in [0.2, 0.25) is 0 Å². The molecule has 0 amide bonds. The fourth-order valence-electron chi connectivity index (χ4n) is 2.16. The van der Waals surface area contributed by atoms with E-state index in [9.17, 15) is 0 Å². The molecule has 1 N–H and O–H groups in total. The van der Waals surface area contributed by atoms with Crippen molar-refractivity contribution in [1.29, 1.82) is 5.26 Å². The van der Waals surface area contributed by atoms with Crippen LogP contribution in [-0.4, -0.2) is 54.3 Å². The molecule has 0 aromatic carbocycles. The Balaban J connectivity index is 1.91. The summed E-state index contributed by atoms with van der Waals surface area (Å²) in [7, 11) is 0. The number of anilines is 1. The SMILES string of the molecule is N#Cc1cccc(N2CCN(CCCO)CC2)n1. The average molecular weight is 246 g/mol. The second kappa shape index (κ2) is 6.34. The van der Waals surface area contributed by atoms with Gasteiger partial charge in [0.15, 0.2) is 0 Å². The second-order valence-corrected chi connectivity index (χ2v) is 4.40. The predicted octanol–water partition coefficient (Wildman–Crippen LogP) is 0.458. The summed E-state index contributed by atoms with van der Waals surface area (Å²) in [5.41, 5.74) is 0.468. The molecule has 1 aromatic rings. The van der Waals surface area contributed by atoms with Gasteiger partial charge in [0.1, 0.15) is 17.6 Å². The average Bonchev–Trinajstić information content (AvgIpc) is 2.46. The minimum absolute atomic E-state index is 0.256. The van der Waals surface area contributed by atoms with Crippen LogP contribution in [0.5, 0.6) is 0 Å². The molecule has 18 heavy (non-hydrogen) atoms. The van der Waals surface area contributed by atoms with E-state index in [1.54, 1.807) is 6.07 Å². The first kappa shape index (κ1) is 12.8. The number of rotatable bonds is 4. The van der Waals surface area contributed by atoms with Gasteiger partial charge in [0.05, 0.1) is 0 Å². The van der Waals surface area contributed by atoms with Gasteiger partial charge in [-0.25, -0.2) is 4.98 Å². The minimum atomic E-state index is 0.256. The number of aliphatic hydroxyl groups is 1. The summed E-state index contributed by atoms with van der Waals surface area (Å²) < 4.78 is 0. The lowest BCUT2D eigenvalue weighted by Crippen LogP contribution is -2.47. The van der Waals surface area contributed by atoms with Crippen molar-refractivity contribution in [3.05, 3.63) is 23.9 Å². The van der Waals surface area contributed by atoms with E-state index in [1.165, 1.54) is 0 Å². The Morgan fingerprint density at radius 2 is 2.06 bits per heavy atom. The number of hydrogen-bond donors (Lipinski definition) is 1. The van der Waals surface area contributed by atoms with Crippen LogP contribution < -0.4 is 4.90 Å². The molecule has 2 rings (SSSR count). The summed E-state index contributed by atoms with van der Waals surface area (Å²) in [6.07, 6.45) is 0.835. The summed E-state index contributed by atoms with van der Waals surface area (Å²) in [5.74, 6) is 0.885. The van der Waals surface area contributed by atoms with Crippen molar-refractivity contribution in [3.63, 3.8) is 0 Å². The van der Waals surface area contributed by atoms with Crippen LogP contribution in [0.1, 0.15) is 12.1 Å². The van der Waals surface area contributed by atoms with E-state index in [4.69, 9.17) is 10.4 Å². The lowest BCUT2D eigenvalue weighted by Gasteiger charge is -2.35. The molecule has 1 aliphatic heterocycles. The van der Waals surface area contributed by atoms with Crippen LogP contribution >= 0.6 is 0 Å². The molecule has 1 aliphatic rings. The maximum atomic E-state index is 8.84. The first-order valence-electron chi connectivity index (χ1n) is 6.29. The third-order valence-electron chi connectivity index (χ3n) is 3.18. The molecule has 0 radical (unpaired) electrons. The molecule has 1 aromatic heterocycles. The molecule has 5 heteroatoms. The van der Waals surface area contributed by atoms with Gasteiger partial charge in [-0.2, -0.15) is 5.26 Å². The van der Waals surface area contributed by atoms with Crippen LogP contribution in [-0.2, 0) is 0 Å². The Hall–Kier alpha value is -1.64. The molecule has 5 nitrogen and oxygen atoms in total. The molecule has 0 unspecified atom stereocenters. The van der Waals surface area contributed by atoms with Gasteiger partial charge in [0.2, 0.25) is 0 Å². The van der Waals surface area contributed by atoms with E-state index >= 15 is 0 Å². The zero-order valence-electron chi connectivity index (χ0n) is 10.4.